The molecule has 2 aliphatic rings. The third-order valence-electron chi connectivity index (χ3n) is 9.47. The van der Waals surface area contributed by atoms with Gasteiger partial charge in [-0.3, -0.25) is 9.59 Å². The summed E-state index contributed by atoms with van der Waals surface area (Å²) < 4.78 is 27.0. The minimum Gasteiger partial charge on any atom is -0.490 e. The maximum atomic E-state index is 15.1. The van der Waals surface area contributed by atoms with Crippen LogP contribution in [0.5, 0.6) is 17.4 Å². The first-order valence-electron chi connectivity index (χ1n) is 17.8. The van der Waals surface area contributed by atoms with Crippen molar-refractivity contribution in [2.24, 2.45) is 0 Å². The van der Waals surface area contributed by atoms with E-state index in [1.54, 1.807) is 24.3 Å². The van der Waals surface area contributed by atoms with E-state index in [1.165, 1.54) is 18.3 Å². The van der Waals surface area contributed by atoms with Crippen LogP contribution in [0.3, 0.4) is 0 Å². The predicted octanol–water partition coefficient (Wildman–Crippen LogP) is 7.36. The van der Waals surface area contributed by atoms with Crippen LogP contribution in [0.15, 0.2) is 60.8 Å². The van der Waals surface area contributed by atoms with Crippen molar-refractivity contribution in [2.45, 2.75) is 52.0 Å². The largest absolute Gasteiger partial charge is 0.490 e. The lowest BCUT2D eigenvalue weighted by Gasteiger charge is -2.32. The first-order chi connectivity index (χ1) is 25.1. The molecule has 0 spiro atoms. The summed E-state index contributed by atoms with van der Waals surface area (Å²) >= 11 is 6.61. The molecule has 11 nitrogen and oxygen atoms in total. The number of anilines is 3. The molecular weight excluding hydrogens is 685 g/mol. The van der Waals surface area contributed by atoms with E-state index in [2.05, 4.69) is 42.8 Å². The van der Waals surface area contributed by atoms with Crippen LogP contribution >= 0.6 is 11.6 Å². The lowest BCUT2D eigenvalue weighted by Crippen LogP contribution is -2.44. The van der Waals surface area contributed by atoms with Crippen LogP contribution in [0, 0.1) is 19.7 Å². The summed E-state index contributed by atoms with van der Waals surface area (Å²) in [5.74, 6) is -0.934. The van der Waals surface area contributed by atoms with Crippen molar-refractivity contribution in [3.8, 4) is 17.4 Å². The zero-order chi connectivity index (χ0) is 36.6. The maximum absolute atomic E-state index is 15.1. The number of ether oxygens (including phenoxy) is 2. The number of piperazine rings is 1. The van der Waals surface area contributed by atoms with E-state index in [0.29, 0.717) is 23.5 Å². The second-order valence-corrected chi connectivity index (χ2v) is 13.9. The SMILES string of the molecule is Cc1cccc(C)c1NC(=O)c1cnc(Nc2ccc(OCCCN3CCN(C)CC3)c(F)c2)nc1Oc1ccc(C(=O)NC2CCCC2)cc1Cl. The topological polar surface area (TPSA) is 121 Å². The molecule has 4 aromatic rings. The first-order valence-corrected chi connectivity index (χ1v) is 18.1. The van der Waals surface area contributed by atoms with Gasteiger partial charge in [0.15, 0.2) is 11.6 Å². The van der Waals surface area contributed by atoms with Crippen molar-refractivity contribution in [2.75, 3.05) is 57.0 Å². The van der Waals surface area contributed by atoms with Crippen LogP contribution in [-0.4, -0.2) is 84.0 Å². The Bertz CT molecular complexity index is 1880. The van der Waals surface area contributed by atoms with Gasteiger partial charge < -0.3 is 35.2 Å². The van der Waals surface area contributed by atoms with Gasteiger partial charge in [0.1, 0.15) is 11.3 Å². The van der Waals surface area contributed by atoms with Gasteiger partial charge in [-0.15, -0.1) is 0 Å². The molecule has 3 aromatic carbocycles. The van der Waals surface area contributed by atoms with Gasteiger partial charge in [0, 0.05) is 68.0 Å². The lowest BCUT2D eigenvalue weighted by atomic mass is 10.1. The Kier molecular flexibility index (Phi) is 12.2. The monoisotopic (exact) mass is 729 g/mol. The Balaban J connectivity index is 1.17. The molecule has 6 rings (SSSR count). The Morgan fingerprint density at radius 2 is 1.69 bits per heavy atom. The van der Waals surface area contributed by atoms with Crippen LogP contribution in [0.1, 0.15) is 63.9 Å². The molecule has 2 amide bonds. The molecular formula is C39H45ClFN7O4. The van der Waals surface area contributed by atoms with Crippen molar-refractivity contribution in [1.29, 1.82) is 0 Å². The van der Waals surface area contributed by atoms with Gasteiger partial charge in [0.05, 0.1) is 11.6 Å². The van der Waals surface area contributed by atoms with Gasteiger partial charge in [0.2, 0.25) is 11.8 Å². The zero-order valence-electron chi connectivity index (χ0n) is 29.8. The fourth-order valence-corrected chi connectivity index (χ4v) is 6.61. The van der Waals surface area contributed by atoms with Gasteiger partial charge in [-0.25, -0.2) is 9.37 Å². The number of carbonyl (C=O) groups is 2. The summed E-state index contributed by atoms with van der Waals surface area (Å²) in [5.41, 5.74) is 3.23. The minimum absolute atomic E-state index is 0.0406. The smallest absolute Gasteiger partial charge is 0.262 e. The molecule has 1 aliphatic carbocycles. The van der Waals surface area contributed by atoms with Crippen LogP contribution in [0.2, 0.25) is 5.02 Å². The number of para-hydroxylation sites is 1. The van der Waals surface area contributed by atoms with Crippen molar-refractivity contribution < 1.29 is 23.5 Å². The molecule has 1 aromatic heterocycles. The average molecular weight is 730 g/mol. The summed E-state index contributed by atoms with van der Waals surface area (Å²) in [4.78, 5) is 40.0. The number of halogens is 2. The Morgan fingerprint density at radius 3 is 2.40 bits per heavy atom. The highest BCUT2D eigenvalue weighted by Crippen LogP contribution is 2.33. The number of hydrogen-bond acceptors (Lipinski definition) is 9. The third-order valence-corrected chi connectivity index (χ3v) is 9.76. The van der Waals surface area contributed by atoms with E-state index in [1.807, 2.05) is 32.0 Å². The van der Waals surface area contributed by atoms with Crippen LogP contribution in [0.4, 0.5) is 21.7 Å². The summed E-state index contributed by atoms with van der Waals surface area (Å²) in [6.45, 7) is 9.25. The summed E-state index contributed by atoms with van der Waals surface area (Å²) in [7, 11) is 2.12. The first kappa shape index (κ1) is 37.0. The number of benzene rings is 3. The van der Waals surface area contributed by atoms with Crippen LogP contribution in [0.25, 0.3) is 0 Å². The second kappa shape index (κ2) is 17.2. The highest BCUT2D eigenvalue weighted by atomic mass is 35.5. The molecule has 2 fully saturated rings. The number of aromatic nitrogens is 2. The summed E-state index contributed by atoms with van der Waals surface area (Å²) in [6.07, 6.45) is 6.24. The van der Waals surface area contributed by atoms with Crippen molar-refractivity contribution >= 4 is 40.7 Å². The lowest BCUT2D eigenvalue weighted by molar-refractivity contribution is 0.0937. The Hall–Kier alpha value is -4.78. The van der Waals surface area contributed by atoms with Gasteiger partial charge in [-0.05, 0) is 81.6 Å². The zero-order valence-corrected chi connectivity index (χ0v) is 30.6. The molecule has 0 atom stereocenters. The molecule has 3 N–H and O–H groups in total. The molecule has 2 heterocycles. The standard InChI is InChI=1S/C39H45ClFN7O4/c1-25-8-6-9-26(2)35(25)45-37(50)30-24-42-39(44-29-13-15-34(32(41)23-29)51-21-7-16-48-19-17-47(3)18-20-48)46-38(30)52-33-14-12-27(22-31(33)40)36(49)43-28-10-4-5-11-28/h6,8-9,12-15,22-24,28H,4-5,7,10-11,16-21H2,1-3H3,(H,43,49)(H,45,50)(H,42,44,46). The highest BCUT2D eigenvalue weighted by molar-refractivity contribution is 6.32. The number of aryl methyl sites for hydroxylation is 2. The van der Waals surface area contributed by atoms with Crippen molar-refractivity contribution in [3.05, 3.63) is 93.9 Å². The maximum Gasteiger partial charge on any atom is 0.262 e. The molecule has 1 saturated heterocycles. The van der Waals surface area contributed by atoms with E-state index in [0.717, 1.165) is 76.0 Å². The third kappa shape index (κ3) is 9.55. The Labute approximate surface area is 308 Å². The number of nitrogens with zero attached hydrogens (tertiary/aromatic N) is 4. The van der Waals surface area contributed by atoms with Crippen molar-refractivity contribution in [1.82, 2.24) is 25.1 Å². The molecule has 13 heteroatoms. The molecule has 1 saturated carbocycles. The molecule has 0 bridgehead atoms. The highest BCUT2D eigenvalue weighted by Gasteiger charge is 2.22. The van der Waals surface area contributed by atoms with Gasteiger partial charge in [0.25, 0.3) is 11.8 Å². The molecule has 1 aliphatic heterocycles. The fourth-order valence-electron chi connectivity index (χ4n) is 6.39. The van der Waals surface area contributed by atoms with Gasteiger partial charge >= 0.3 is 0 Å². The van der Waals surface area contributed by atoms with E-state index in [4.69, 9.17) is 21.1 Å². The fraction of sp³-hybridized carbons (Fsp3) is 0.385. The molecule has 0 radical (unpaired) electrons. The number of carbonyl (C=O) groups excluding carboxylic acids is 2. The number of rotatable bonds is 13. The number of amides is 2. The van der Waals surface area contributed by atoms with E-state index in [-0.39, 0.29) is 45.9 Å². The van der Waals surface area contributed by atoms with E-state index in [9.17, 15) is 9.59 Å². The Morgan fingerprint density at radius 1 is 0.962 bits per heavy atom. The predicted molar refractivity (Wildman–Crippen MR) is 201 cm³/mol. The second-order valence-electron chi connectivity index (χ2n) is 13.5. The van der Waals surface area contributed by atoms with E-state index >= 15 is 4.39 Å². The van der Waals surface area contributed by atoms with Crippen LogP contribution < -0.4 is 25.4 Å². The summed E-state index contributed by atoms with van der Waals surface area (Å²) in [6, 6.07) is 15.1. The number of hydrogen-bond donors (Lipinski definition) is 3. The van der Waals surface area contributed by atoms with Gasteiger partial charge in [-0.1, -0.05) is 42.6 Å². The van der Waals surface area contributed by atoms with Crippen LogP contribution in [-0.2, 0) is 0 Å². The minimum atomic E-state index is -0.533. The average Bonchev–Trinajstić information content (AvgIpc) is 3.64. The number of likely N-dealkylation sites (N-methyl/N-ethyl adjacent to an activating group) is 1. The quantitative estimate of drug-likeness (QED) is 0.121. The van der Waals surface area contributed by atoms with Crippen molar-refractivity contribution in [3.63, 3.8) is 0 Å². The normalized spacial score (nSPS) is 15.3. The molecule has 274 valence electrons. The molecule has 0 unspecified atom stereocenters. The van der Waals surface area contributed by atoms with E-state index < -0.39 is 11.7 Å². The summed E-state index contributed by atoms with van der Waals surface area (Å²) in [5, 5.41) is 9.15. The number of nitrogens with one attached hydrogen (secondary N) is 3. The molecule has 52 heavy (non-hydrogen) atoms. The van der Waals surface area contributed by atoms with Gasteiger partial charge in [-0.2, -0.15) is 4.98 Å².